The number of amides is 3. The molecular formula is C10H18N4O6S. The van der Waals surface area contributed by atoms with Crippen LogP contribution in [-0.2, 0) is 19.5 Å². The molecule has 0 radical (unpaired) electrons. The molecule has 21 heavy (non-hydrogen) atoms. The number of urea groups is 1. The van der Waals surface area contributed by atoms with Gasteiger partial charge in [-0.2, -0.15) is 13.5 Å². The second kappa shape index (κ2) is 5.40. The van der Waals surface area contributed by atoms with Crippen LogP contribution >= 0.6 is 0 Å². The molecule has 3 N–H and O–H groups in total. The zero-order valence-corrected chi connectivity index (χ0v) is 12.5. The fourth-order valence-corrected chi connectivity index (χ4v) is 2.90. The number of hydrogen-bond donors (Lipinski definition) is 2. The lowest BCUT2D eigenvalue weighted by Crippen LogP contribution is -2.55. The molecule has 2 aliphatic heterocycles. The molecule has 2 rings (SSSR count). The van der Waals surface area contributed by atoms with Gasteiger partial charge in [0.05, 0.1) is 6.04 Å². The largest absolute Gasteiger partial charge is 0.418 e. The summed E-state index contributed by atoms with van der Waals surface area (Å²) in [6, 6.07) is -2.27. The lowest BCUT2D eigenvalue weighted by atomic mass is 10.00. The third kappa shape index (κ3) is 3.10. The molecule has 120 valence electrons. The Morgan fingerprint density at radius 3 is 2.62 bits per heavy atom. The first-order chi connectivity index (χ1) is 9.61. The van der Waals surface area contributed by atoms with E-state index in [9.17, 15) is 18.0 Å². The van der Waals surface area contributed by atoms with E-state index in [-0.39, 0.29) is 12.6 Å². The average Bonchev–Trinajstić information content (AvgIpc) is 2.61. The first-order valence-electron chi connectivity index (χ1n) is 6.46. The molecule has 11 heteroatoms. The van der Waals surface area contributed by atoms with E-state index >= 15 is 0 Å². The second-order valence-electron chi connectivity index (χ2n) is 5.35. The Bertz CT molecular complexity index is 550. The maximum absolute atomic E-state index is 12.2. The fraction of sp³-hybridized carbons (Fsp3) is 0.800. The van der Waals surface area contributed by atoms with Crippen molar-refractivity contribution in [1.82, 2.24) is 15.0 Å². The highest BCUT2D eigenvalue weighted by Gasteiger charge is 2.50. The summed E-state index contributed by atoms with van der Waals surface area (Å²) >= 11 is 0. The summed E-state index contributed by atoms with van der Waals surface area (Å²) in [6.07, 6.45) is 0.723. The number of carbonyl (C=O) groups excluding carboxylic acids is 2. The molecule has 2 atom stereocenters. The highest BCUT2D eigenvalue weighted by atomic mass is 32.3. The van der Waals surface area contributed by atoms with Gasteiger partial charge >= 0.3 is 16.4 Å². The van der Waals surface area contributed by atoms with Gasteiger partial charge in [-0.25, -0.2) is 10.6 Å². The zero-order valence-electron chi connectivity index (χ0n) is 11.7. The number of nitrogens with zero attached hydrogens (tertiary/aromatic N) is 3. The summed E-state index contributed by atoms with van der Waals surface area (Å²) in [5.41, 5.74) is 0. The second-order valence-corrected chi connectivity index (χ2v) is 6.35. The molecule has 0 aromatic carbocycles. The van der Waals surface area contributed by atoms with Crippen LogP contribution in [0.25, 0.3) is 0 Å². The van der Waals surface area contributed by atoms with Crippen LogP contribution in [0.5, 0.6) is 0 Å². The standard InChI is InChI=1S/C10H18N4O6S/c1-6(2)13(11)9(15)8-4-3-7-5-12(8)10(16)14(7)20-21(17,18)19/h6-8H,3-5,11H2,1-2H3,(H,17,18,19)/t7-,8+/m1/s1. The molecule has 0 saturated carbocycles. The maximum atomic E-state index is 12.2. The van der Waals surface area contributed by atoms with Gasteiger partial charge in [0, 0.05) is 12.6 Å². The van der Waals surface area contributed by atoms with Crippen LogP contribution in [0.1, 0.15) is 26.7 Å². The summed E-state index contributed by atoms with van der Waals surface area (Å²) in [4.78, 5) is 25.6. The first-order valence-corrected chi connectivity index (χ1v) is 7.83. The quantitative estimate of drug-likeness (QED) is 0.296. The Kier molecular flexibility index (Phi) is 4.10. The van der Waals surface area contributed by atoms with Crippen LogP contribution in [-0.4, -0.2) is 64.6 Å². The summed E-state index contributed by atoms with van der Waals surface area (Å²) < 4.78 is 34.5. The van der Waals surface area contributed by atoms with Crippen molar-refractivity contribution >= 4 is 22.3 Å². The van der Waals surface area contributed by atoms with Gasteiger partial charge in [-0.15, -0.1) is 4.28 Å². The summed E-state index contributed by atoms with van der Waals surface area (Å²) in [5.74, 6) is 5.26. The number of hydroxylamine groups is 2. The first kappa shape index (κ1) is 15.9. The number of carbonyl (C=O) groups is 2. The van der Waals surface area contributed by atoms with Gasteiger partial charge in [0.1, 0.15) is 6.04 Å². The molecule has 2 aliphatic rings. The van der Waals surface area contributed by atoms with Gasteiger partial charge in [0.15, 0.2) is 0 Å². The minimum absolute atomic E-state index is 0.149. The Morgan fingerprint density at radius 1 is 1.48 bits per heavy atom. The molecule has 2 fully saturated rings. The molecule has 2 heterocycles. The van der Waals surface area contributed by atoms with Crippen LogP contribution in [0.3, 0.4) is 0 Å². The van der Waals surface area contributed by atoms with Crippen LogP contribution in [0.4, 0.5) is 4.79 Å². The van der Waals surface area contributed by atoms with Crippen molar-refractivity contribution in [1.29, 1.82) is 0 Å². The van der Waals surface area contributed by atoms with Crippen molar-refractivity contribution in [2.45, 2.75) is 44.8 Å². The van der Waals surface area contributed by atoms with E-state index in [1.54, 1.807) is 13.8 Å². The van der Waals surface area contributed by atoms with Crippen LogP contribution < -0.4 is 5.84 Å². The molecule has 3 amide bonds. The topological polar surface area (TPSA) is 133 Å². The summed E-state index contributed by atoms with van der Waals surface area (Å²) in [5, 5.41) is 1.64. The Hall–Kier alpha value is -1.43. The molecule has 10 nitrogen and oxygen atoms in total. The van der Waals surface area contributed by atoms with E-state index < -0.39 is 34.4 Å². The SMILES string of the molecule is CC(C)N(N)C(=O)[C@@H]1CC[C@@H]2CN1C(=O)N2OS(=O)(=O)O. The lowest BCUT2D eigenvalue weighted by molar-refractivity contribution is -0.138. The Morgan fingerprint density at radius 2 is 2.10 bits per heavy atom. The highest BCUT2D eigenvalue weighted by molar-refractivity contribution is 7.80. The minimum Gasteiger partial charge on any atom is -0.309 e. The van der Waals surface area contributed by atoms with Crippen LogP contribution in [0.15, 0.2) is 0 Å². The number of hydrazine groups is 1. The molecular weight excluding hydrogens is 304 g/mol. The number of rotatable bonds is 4. The number of piperidine rings is 1. The monoisotopic (exact) mass is 322 g/mol. The summed E-state index contributed by atoms with van der Waals surface area (Å²) in [7, 11) is -4.79. The number of hydrogen-bond acceptors (Lipinski definition) is 6. The molecule has 2 bridgehead atoms. The molecule has 0 unspecified atom stereocenters. The van der Waals surface area contributed by atoms with E-state index in [2.05, 4.69) is 4.28 Å². The molecule has 0 aliphatic carbocycles. The van der Waals surface area contributed by atoms with E-state index in [1.165, 1.54) is 4.90 Å². The lowest BCUT2D eigenvalue weighted by Gasteiger charge is -2.33. The van der Waals surface area contributed by atoms with Crippen molar-refractivity contribution in [3.8, 4) is 0 Å². The Balaban J connectivity index is 2.16. The minimum atomic E-state index is -4.79. The smallest absolute Gasteiger partial charge is 0.309 e. The predicted octanol–water partition coefficient (Wildman–Crippen LogP) is -0.900. The summed E-state index contributed by atoms with van der Waals surface area (Å²) in [6.45, 7) is 3.63. The molecule has 0 aromatic rings. The maximum Gasteiger partial charge on any atom is 0.418 e. The fourth-order valence-electron chi connectivity index (χ4n) is 2.51. The van der Waals surface area contributed by atoms with E-state index in [0.717, 1.165) is 5.01 Å². The van der Waals surface area contributed by atoms with Gasteiger partial charge in [0.2, 0.25) is 0 Å². The van der Waals surface area contributed by atoms with Gasteiger partial charge in [-0.05, 0) is 26.7 Å². The average molecular weight is 322 g/mol. The van der Waals surface area contributed by atoms with E-state index in [4.69, 9.17) is 10.4 Å². The molecule has 0 aromatic heterocycles. The molecule has 2 saturated heterocycles. The predicted molar refractivity (Wildman–Crippen MR) is 69.6 cm³/mol. The van der Waals surface area contributed by atoms with Gasteiger partial charge in [-0.3, -0.25) is 14.4 Å². The molecule has 0 spiro atoms. The van der Waals surface area contributed by atoms with E-state index in [1.807, 2.05) is 0 Å². The van der Waals surface area contributed by atoms with Gasteiger partial charge < -0.3 is 4.90 Å². The van der Waals surface area contributed by atoms with Crippen molar-refractivity contribution in [2.24, 2.45) is 5.84 Å². The third-order valence-corrected chi connectivity index (χ3v) is 3.94. The third-order valence-electron chi connectivity index (χ3n) is 3.59. The van der Waals surface area contributed by atoms with Crippen molar-refractivity contribution in [3.63, 3.8) is 0 Å². The van der Waals surface area contributed by atoms with Crippen molar-refractivity contribution in [3.05, 3.63) is 0 Å². The normalized spacial score (nSPS) is 25.7. The van der Waals surface area contributed by atoms with Crippen LogP contribution in [0, 0.1) is 0 Å². The number of fused-ring (bicyclic) bond motifs is 2. The Labute approximate surface area is 122 Å². The van der Waals surface area contributed by atoms with Gasteiger partial charge in [-0.1, -0.05) is 0 Å². The van der Waals surface area contributed by atoms with Crippen LogP contribution in [0.2, 0.25) is 0 Å². The number of nitrogens with two attached hydrogens (primary N) is 1. The van der Waals surface area contributed by atoms with Crippen molar-refractivity contribution in [2.75, 3.05) is 6.54 Å². The highest BCUT2D eigenvalue weighted by Crippen LogP contribution is 2.31. The van der Waals surface area contributed by atoms with Crippen molar-refractivity contribution < 1.29 is 26.8 Å². The van der Waals surface area contributed by atoms with E-state index in [0.29, 0.717) is 17.9 Å². The zero-order chi connectivity index (χ0) is 15.9. The van der Waals surface area contributed by atoms with Gasteiger partial charge in [0.25, 0.3) is 5.91 Å².